The Morgan fingerprint density at radius 1 is 1.18 bits per heavy atom. The molecule has 16 heteroatoms. The van der Waals surface area contributed by atoms with Crippen molar-refractivity contribution in [2.45, 2.75) is 105 Å². The zero-order valence-corrected chi connectivity index (χ0v) is 38.6. The Labute approximate surface area is 368 Å². The van der Waals surface area contributed by atoms with E-state index in [2.05, 4.69) is 61.4 Å². The summed E-state index contributed by atoms with van der Waals surface area (Å²) in [5, 5.41) is 7.83. The number of nitrogens with one attached hydrogen (secondary N) is 2. The maximum atomic E-state index is 14.5. The highest BCUT2D eigenvalue weighted by atomic mass is 32.1. The number of hydrogen-bond acceptors (Lipinski definition) is 11. The molecular formula is C46H62N8O7S. The van der Waals surface area contributed by atoms with Crippen LogP contribution in [-0.4, -0.2) is 119 Å². The number of esters is 1. The number of likely N-dealkylation sites (N-methyl/N-ethyl adjacent to an activating group) is 2. The number of cyclic esters (lactones) is 1. The topological polar surface area (TPSA) is 168 Å². The Morgan fingerprint density at radius 2 is 1.90 bits per heavy atom. The molecular weight excluding hydrogens is 809 g/mol. The highest BCUT2D eigenvalue weighted by Crippen LogP contribution is 2.40. The number of thiazole rings is 1. The SMILES string of the molecule is C=CC(=O)N(C)C(=O)N(C)[C@H](C(=O)N[C@H]1Cc2nc(cs2)-c2ccc3c(c2)c(c(/C(C=C)=C(/N=CC)[C@H](C)OC)n3CC)CC(C)(C)COC(=O)[C@@H]2CCCN(N2)C1=O)C(C)C. The summed E-state index contributed by atoms with van der Waals surface area (Å²) in [6.45, 7) is 22.4. The first kappa shape index (κ1) is 47.6. The van der Waals surface area contributed by atoms with Crippen molar-refractivity contribution in [3.63, 3.8) is 0 Å². The molecule has 0 saturated carbocycles. The summed E-state index contributed by atoms with van der Waals surface area (Å²) in [5.41, 5.74) is 8.70. The number of methoxy groups -OCH3 is 1. The number of carbonyl (C=O) groups excluding carboxylic acids is 5. The number of aromatic nitrogens is 2. The van der Waals surface area contributed by atoms with Gasteiger partial charge in [0.2, 0.25) is 5.91 Å². The summed E-state index contributed by atoms with van der Waals surface area (Å²) in [5.74, 6) is -2.56. The average molecular weight is 871 g/mol. The van der Waals surface area contributed by atoms with E-state index in [1.54, 1.807) is 27.2 Å². The fraction of sp³-hybridized carbons (Fsp3) is 0.500. The summed E-state index contributed by atoms with van der Waals surface area (Å²) in [4.78, 5) is 80.0. The van der Waals surface area contributed by atoms with Crippen molar-refractivity contribution in [2.75, 3.05) is 34.4 Å². The second-order valence-electron chi connectivity index (χ2n) is 16.9. The van der Waals surface area contributed by atoms with Gasteiger partial charge in [0.25, 0.3) is 11.8 Å². The molecule has 334 valence electrons. The number of ether oxygens (including phenoxy) is 2. The van der Waals surface area contributed by atoms with Crippen LogP contribution in [0.15, 0.2) is 59.6 Å². The Morgan fingerprint density at radius 3 is 2.53 bits per heavy atom. The lowest BCUT2D eigenvalue weighted by Crippen LogP contribution is -2.62. The molecule has 0 spiro atoms. The third kappa shape index (κ3) is 10.1. The normalized spacial score (nSPS) is 19.6. The van der Waals surface area contributed by atoms with E-state index in [0.717, 1.165) is 50.0 Å². The molecule has 4 atom stereocenters. The summed E-state index contributed by atoms with van der Waals surface area (Å²) in [6.07, 6.45) is 5.80. The van der Waals surface area contributed by atoms with Crippen LogP contribution in [0.25, 0.3) is 27.7 Å². The van der Waals surface area contributed by atoms with Gasteiger partial charge in [-0.25, -0.2) is 15.2 Å². The van der Waals surface area contributed by atoms with Crippen LogP contribution in [0.2, 0.25) is 0 Å². The lowest BCUT2D eigenvalue weighted by atomic mass is 9.84. The molecule has 4 heterocycles. The van der Waals surface area contributed by atoms with Gasteiger partial charge in [-0.3, -0.25) is 34.1 Å². The fourth-order valence-electron chi connectivity index (χ4n) is 8.25. The van der Waals surface area contributed by atoms with Gasteiger partial charge >= 0.3 is 12.0 Å². The minimum atomic E-state index is -1.13. The van der Waals surface area contributed by atoms with Gasteiger partial charge in [-0.05, 0) is 69.7 Å². The third-order valence-corrected chi connectivity index (χ3v) is 12.3. The highest BCUT2D eigenvalue weighted by Gasteiger charge is 2.39. The van der Waals surface area contributed by atoms with Gasteiger partial charge in [0.1, 0.15) is 18.1 Å². The van der Waals surface area contributed by atoms with E-state index in [0.29, 0.717) is 36.5 Å². The van der Waals surface area contributed by atoms with Crippen molar-refractivity contribution in [2.24, 2.45) is 16.3 Å². The number of hydrogen-bond donors (Lipinski definition) is 2. The predicted molar refractivity (Wildman–Crippen MR) is 243 cm³/mol. The summed E-state index contributed by atoms with van der Waals surface area (Å²) in [7, 11) is 4.41. The zero-order chi connectivity index (χ0) is 45.6. The molecule has 3 aromatic rings. The molecule has 0 radical (unpaired) electrons. The van der Waals surface area contributed by atoms with Gasteiger partial charge in [-0.2, -0.15) is 0 Å². The van der Waals surface area contributed by atoms with E-state index in [4.69, 9.17) is 19.5 Å². The Hall–Kier alpha value is -5.45. The number of rotatable bonds is 11. The number of aliphatic imine (C=N–C) groups is 1. The van der Waals surface area contributed by atoms with Gasteiger partial charge in [0.15, 0.2) is 0 Å². The summed E-state index contributed by atoms with van der Waals surface area (Å²) in [6, 6.07) is 2.56. The Balaban J connectivity index is 1.65. The second-order valence-corrected chi connectivity index (χ2v) is 17.9. The molecule has 62 heavy (non-hydrogen) atoms. The van der Waals surface area contributed by atoms with Crippen LogP contribution in [0.4, 0.5) is 4.79 Å². The minimum absolute atomic E-state index is 0.0315. The van der Waals surface area contributed by atoms with Crippen LogP contribution in [0, 0.1) is 11.3 Å². The van der Waals surface area contributed by atoms with Gasteiger partial charge in [0, 0.05) is 79.8 Å². The molecule has 0 aliphatic carbocycles. The molecule has 2 N–H and O–H groups in total. The first-order chi connectivity index (χ1) is 29.4. The first-order valence-corrected chi connectivity index (χ1v) is 22.0. The number of carbonyl (C=O) groups is 5. The second kappa shape index (κ2) is 20.2. The summed E-state index contributed by atoms with van der Waals surface area (Å²) < 4.78 is 14.1. The van der Waals surface area contributed by atoms with Gasteiger partial charge in [-0.15, -0.1) is 11.3 Å². The quantitative estimate of drug-likeness (QED) is 0.0991. The van der Waals surface area contributed by atoms with Crippen LogP contribution in [0.1, 0.15) is 77.6 Å². The number of aryl methyl sites for hydroxylation is 1. The maximum absolute atomic E-state index is 14.5. The van der Waals surface area contributed by atoms with Crippen LogP contribution in [-0.2, 0) is 48.0 Å². The number of imide groups is 1. The number of amides is 5. The van der Waals surface area contributed by atoms with Gasteiger partial charge < -0.3 is 24.3 Å². The monoisotopic (exact) mass is 870 g/mol. The molecule has 2 aliphatic rings. The summed E-state index contributed by atoms with van der Waals surface area (Å²) >= 11 is 1.37. The van der Waals surface area contributed by atoms with E-state index in [1.807, 2.05) is 31.4 Å². The van der Waals surface area contributed by atoms with E-state index >= 15 is 0 Å². The lowest BCUT2D eigenvalue weighted by molar-refractivity contribution is -0.155. The molecule has 5 amide bonds. The molecule has 1 saturated heterocycles. The van der Waals surface area contributed by atoms with E-state index in [-0.39, 0.29) is 25.7 Å². The van der Waals surface area contributed by atoms with Gasteiger partial charge in [-0.1, -0.05) is 53.0 Å². The molecule has 1 fully saturated rings. The zero-order valence-electron chi connectivity index (χ0n) is 37.7. The van der Waals surface area contributed by atoms with Gasteiger partial charge in [0.05, 0.1) is 34.8 Å². The highest BCUT2D eigenvalue weighted by molar-refractivity contribution is 7.10. The van der Waals surface area contributed by atoms with Crippen molar-refractivity contribution < 1.29 is 33.4 Å². The molecule has 2 aromatic heterocycles. The fourth-order valence-corrected chi connectivity index (χ4v) is 9.10. The number of nitrogens with zero attached hydrogens (tertiary/aromatic N) is 6. The van der Waals surface area contributed by atoms with Crippen molar-refractivity contribution in [3.8, 4) is 11.3 Å². The Kier molecular flexibility index (Phi) is 15.5. The average Bonchev–Trinajstić information content (AvgIpc) is 3.85. The molecule has 2 aliphatic heterocycles. The van der Waals surface area contributed by atoms with Crippen molar-refractivity contribution in [3.05, 3.63) is 70.9 Å². The lowest BCUT2D eigenvalue weighted by Gasteiger charge is -2.36. The molecule has 5 rings (SSSR count). The van der Waals surface area contributed by atoms with Crippen LogP contribution >= 0.6 is 11.3 Å². The molecule has 6 bridgehead atoms. The van der Waals surface area contributed by atoms with Crippen molar-refractivity contribution in [1.29, 1.82) is 0 Å². The van der Waals surface area contributed by atoms with E-state index in [9.17, 15) is 24.0 Å². The van der Waals surface area contributed by atoms with Crippen LogP contribution in [0.3, 0.4) is 0 Å². The Bertz CT molecular complexity index is 2270. The minimum Gasteiger partial charge on any atom is -0.464 e. The number of urea groups is 1. The largest absolute Gasteiger partial charge is 0.464 e. The third-order valence-electron chi connectivity index (χ3n) is 11.5. The smallest absolute Gasteiger partial charge is 0.327 e. The predicted octanol–water partition coefficient (Wildman–Crippen LogP) is 6.18. The molecule has 1 aromatic carbocycles. The van der Waals surface area contributed by atoms with E-state index < -0.39 is 59.2 Å². The number of benzene rings is 1. The van der Waals surface area contributed by atoms with E-state index in [1.165, 1.54) is 35.3 Å². The standard InChI is InChI=1S/C46H62N8O7S/c1-13-30(39(47-15-3)28(7)60-12)41-32-24-46(8,9)26-61-44(58)33-18-17-21-54(50-33)43(57)34(49-42(56)40(27(5)6)52(11)45(59)51(10)38(55)14-2)23-37-48-35(25-62-37)29-19-20-36(31(32)22-29)53(41)16-4/h13-15,19-20,22,25,27-28,33-34,40,50H,1-2,16-18,21,23-24,26H2,3-12H3,(H,49,56)/b39-30+,47-15?/t28-,33-,34-,40-/m0/s1. The molecule has 0 unspecified atom stereocenters. The maximum Gasteiger partial charge on any atom is 0.327 e. The molecule has 15 nitrogen and oxygen atoms in total. The van der Waals surface area contributed by atoms with Crippen LogP contribution < -0.4 is 10.7 Å². The first-order valence-electron chi connectivity index (χ1n) is 21.1. The van der Waals surface area contributed by atoms with Crippen LogP contribution in [0.5, 0.6) is 0 Å². The van der Waals surface area contributed by atoms with Crippen molar-refractivity contribution >= 4 is 63.7 Å². The van der Waals surface area contributed by atoms with Crippen molar-refractivity contribution in [1.82, 2.24) is 35.1 Å². The number of fused-ring (bicyclic) bond motifs is 6. The number of hydrazine groups is 1. The number of allylic oxidation sites excluding steroid dienone is 2.